The average Bonchev–Trinajstić information content (AvgIpc) is 3.82. The summed E-state index contributed by atoms with van der Waals surface area (Å²) in [6.07, 6.45) is 3.56. The molecule has 244 valence electrons. The van der Waals surface area contributed by atoms with Gasteiger partial charge in [-0.15, -0.1) is 0 Å². The van der Waals surface area contributed by atoms with E-state index in [9.17, 15) is 4.79 Å². The number of fused-ring (bicyclic) bond motifs is 6. The molecule has 6 aromatic rings. The van der Waals surface area contributed by atoms with Crippen molar-refractivity contribution in [3.63, 3.8) is 0 Å². The van der Waals surface area contributed by atoms with Gasteiger partial charge in [0.05, 0.1) is 48.1 Å². The summed E-state index contributed by atoms with van der Waals surface area (Å²) in [6.45, 7) is 3.45. The Morgan fingerprint density at radius 1 is 0.938 bits per heavy atom. The van der Waals surface area contributed by atoms with E-state index in [2.05, 4.69) is 30.9 Å². The Balaban J connectivity index is 1.22. The second-order valence-electron chi connectivity index (χ2n) is 12.3. The molecule has 1 fully saturated rings. The number of ether oxygens (including phenoxy) is 2. The van der Waals surface area contributed by atoms with Gasteiger partial charge in [-0.3, -0.25) is 4.79 Å². The molecule has 1 N–H and O–H groups in total. The Labute approximate surface area is 277 Å². The minimum atomic E-state index is -0.495. The first-order valence-electron chi connectivity index (χ1n) is 16.0. The van der Waals surface area contributed by atoms with Gasteiger partial charge in [-0.2, -0.15) is 5.10 Å². The van der Waals surface area contributed by atoms with Crippen LogP contribution in [-0.2, 0) is 16.1 Å². The minimum Gasteiger partial charge on any atom is -0.494 e. The van der Waals surface area contributed by atoms with Crippen molar-refractivity contribution in [2.75, 3.05) is 44.6 Å². The maximum absolute atomic E-state index is 14.4. The predicted octanol–water partition coefficient (Wildman–Crippen LogP) is 4.09. The number of imidazole rings is 1. The Kier molecular flexibility index (Phi) is 7.40. The van der Waals surface area contributed by atoms with Gasteiger partial charge in [0.2, 0.25) is 5.91 Å². The quantitative estimate of drug-likeness (QED) is 0.300. The number of methoxy groups -OCH3 is 2. The second kappa shape index (κ2) is 11.9. The number of pyridine rings is 1. The summed E-state index contributed by atoms with van der Waals surface area (Å²) in [5.74, 6) is 2.91. The number of hydrogen-bond donors (Lipinski definition) is 1. The maximum Gasteiger partial charge on any atom is 0.245 e. The zero-order chi connectivity index (χ0) is 32.9. The van der Waals surface area contributed by atoms with Gasteiger partial charge in [0.15, 0.2) is 5.65 Å². The molecule has 13 heteroatoms. The Morgan fingerprint density at radius 2 is 1.79 bits per heavy atom. The number of amides is 1. The van der Waals surface area contributed by atoms with E-state index in [1.807, 2.05) is 68.6 Å². The summed E-state index contributed by atoms with van der Waals surface area (Å²) in [5.41, 5.74) is 5.12. The van der Waals surface area contributed by atoms with Gasteiger partial charge < -0.3 is 29.2 Å². The summed E-state index contributed by atoms with van der Waals surface area (Å²) in [4.78, 5) is 37.5. The fourth-order valence-electron chi connectivity index (χ4n) is 7.12. The molecule has 1 amide bonds. The van der Waals surface area contributed by atoms with Crippen LogP contribution in [0.4, 0.5) is 11.6 Å². The van der Waals surface area contributed by atoms with Crippen LogP contribution in [0.3, 0.4) is 0 Å². The number of likely N-dealkylation sites (N-methyl/N-ethyl adjacent to an activating group) is 1. The molecule has 2 aliphatic heterocycles. The summed E-state index contributed by atoms with van der Waals surface area (Å²) < 4.78 is 15.5. The van der Waals surface area contributed by atoms with Gasteiger partial charge in [0, 0.05) is 38.9 Å². The lowest BCUT2D eigenvalue weighted by Crippen LogP contribution is -2.47. The molecule has 1 unspecified atom stereocenters. The van der Waals surface area contributed by atoms with Crippen LogP contribution in [0.5, 0.6) is 5.75 Å². The van der Waals surface area contributed by atoms with Crippen molar-refractivity contribution in [2.45, 2.75) is 38.1 Å². The first kappa shape index (κ1) is 29.8. The smallest absolute Gasteiger partial charge is 0.245 e. The number of anilines is 2. The normalized spacial score (nSPS) is 19.8. The third-order valence-corrected chi connectivity index (χ3v) is 9.42. The van der Waals surface area contributed by atoms with E-state index in [4.69, 9.17) is 24.4 Å². The zero-order valence-corrected chi connectivity index (χ0v) is 27.2. The van der Waals surface area contributed by atoms with E-state index in [1.165, 1.54) is 6.33 Å². The van der Waals surface area contributed by atoms with Crippen molar-refractivity contribution in [1.29, 1.82) is 0 Å². The highest BCUT2D eigenvalue weighted by atomic mass is 16.5. The third kappa shape index (κ3) is 4.98. The van der Waals surface area contributed by atoms with Crippen molar-refractivity contribution in [2.24, 2.45) is 0 Å². The van der Waals surface area contributed by atoms with Crippen LogP contribution in [-0.4, -0.2) is 97.6 Å². The molecule has 3 atom stereocenters. The number of aryl methyl sites for hydroxylation is 1. The summed E-state index contributed by atoms with van der Waals surface area (Å²) in [5, 5.41) is 9.06. The fourth-order valence-corrected chi connectivity index (χ4v) is 7.12. The number of para-hydroxylation sites is 3. The van der Waals surface area contributed by atoms with Crippen LogP contribution >= 0.6 is 0 Å². The van der Waals surface area contributed by atoms with E-state index in [-0.39, 0.29) is 18.1 Å². The van der Waals surface area contributed by atoms with Crippen molar-refractivity contribution < 1.29 is 14.3 Å². The van der Waals surface area contributed by atoms with E-state index in [0.717, 1.165) is 45.0 Å². The maximum atomic E-state index is 14.4. The summed E-state index contributed by atoms with van der Waals surface area (Å²) >= 11 is 0. The largest absolute Gasteiger partial charge is 0.494 e. The Morgan fingerprint density at radius 3 is 2.65 bits per heavy atom. The van der Waals surface area contributed by atoms with Crippen molar-refractivity contribution in [1.82, 2.24) is 39.2 Å². The number of hydrogen-bond acceptors (Lipinski definition) is 10. The van der Waals surface area contributed by atoms with Crippen LogP contribution < -0.4 is 15.0 Å². The van der Waals surface area contributed by atoms with Crippen LogP contribution in [0.2, 0.25) is 0 Å². The molecule has 8 rings (SSSR count). The van der Waals surface area contributed by atoms with Gasteiger partial charge in [-0.25, -0.2) is 24.6 Å². The van der Waals surface area contributed by atoms with Crippen molar-refractivity contribution >= 4 is 39.6 Å². The van der Waals surface area contributed by atoms with Crippen LogP contribution in [0, 0.1) is 6.92 Å². The molecule has 0 spiro atoms. The molecule has 48 heavy (non-hydrogen) atoms. The number of carbonyl (C=O) groups excluding carboxylic acids is 1. The molecule has 0 radical (unpaired) electrons. The lowest BCUT2D eigenvalue weighted by atomic mass is 10.1. The topological polar surface area (TPSA) is 128 Å². The molecule has 13 nitrogen and oxygen atoms in total. The minimum absolute atomic E-state index is 0.0188. The van der Waals surface area contributed by atoms with Gasteiger partial charge in [-0.1, -0.05) is 30.3 Å². The highest BCUT2D eigenvalue weighted by Gasteiger charge is 2.40. The number of aromatic nitrogens is 7. The summed E-state index contributed by atoms with van der Waals surface area (Å²) in [7, 11) is 5.16. The van der Waals surface area contributed by atoms with E-state index >= 15 is 0 Å². The second-order valence-corrected chi connectivity index (χ2v) is 12.3. The third-order valence-electron chi connectivity index (χ3n) is 9.42. The summed E-state index contributed by atoms with van der Waals surface area (Å²) in [6, 6.07) is 19.2. The number of nitrogens with zero attached hydrogens (tertiary/aromatic N) is 9. The van der Waals surface area contributed by atoms with Gasteiger partial charge in [0.1, 0.15) is 41.3 Å². The average molecular weight is 645 g/mol. The Bertz CT molecular complexity index is 2160. The molecule has 0 saturated carbocycles. The molecular formula is C35H36N10O3. The highest BCUT2D eigenvalue weighted by molar-refractivity contribution is 5.93. The SMILES string of the molecule is COc1ccccc1-n1ncc2c(N3C[C@@H]4C[C@H]3C(=O)N(C)CC(OC)Cn3c(C)nc5cccc(c53)-c3cccc(n3)N4)ncnc21. The number of rotatable bonds is 4. The standard InChI is InChI=1S/C35H36N10O3/c1-21-39-27-11-7-9-24-26-10-8-14-31(41-26)40-22-15-29(35(46)42(2)18-23(47-3)19-43(21)32(24)27)44(17-22)33-25-16-38-45(34(25)37-20-36-33)28-12-5-6-13-30(28)48-4/h5-14,16,20,22-23,29H,15,17-19H2,1-4H3,(H,40,41)/t22-,23?,29-/m0/s1. The van der Waals surface area contributed by atoms with E-state index in [1.54, 1.807) is 30.0 Å². The van der Waals surface area contributed by atoms with Crippen LogP contribution in [0.15, 0.2) is 73.2 Å². The molecule has 0 aliphatic carbocycles. The zero-order valence-electron chi connectivity index (χ0n) is 27.2. The molecular weight excluding hydrogens is 608 g/mol. The van der Waals surface area contributed by atoms with Gasteiger partial charge >= 0.3 is 0 Å². The number of carbonyl (C=O) groups is 1. The number of benzene rings is 2. The molecule has 4 bridgehead atoms. The van der Waals surface area contributed by atoms with E-state index < -0.39 is 6.04 Å². The van der Waals surface area contributed by atoms with Crippen molar-refractivity contribution in [3.8, 4) is 22.7 Å². The fraction of sp³-hybridized carbons (Fsp3) is 0.314. The van der Waals surface area contributed by atoms with Crippen molar-refractivity contribution in [3.05, 3.63) is 79.0 Å². The van der Waals surface area contributed by atoms with Gasteiger partial charge in [-0.05, 0) is 43.7 Å². The molecule has 2 aromatic carbocycles. The van der Waals surface area contributed by atoms with Crippen LogP contribution in [0.25, 0.3) is 39.0 Å². The Hall–Kier alpha value is -5.56. The van der Waals surface area contributed by atoms with E-state index in [0.29, 0.717) is 43.3 Å². The highest BCUT2D eigenvalue weighted by Crippen LogP contribution is 2.35. The first-order chi connectivity index (χ1) is 23.4. The predicted molar refractivity (Wildman–Crippen MR) is 183 cm³/mol. The molecule has 6 heterocycles. The van der Waals surface area contributed by atoms with Crippen LogP contribution in [0.1, 0.15) is 12.2 Å². The lowest BCUT2D eigenvalue weighted by Gasteiger charge is -2.30. The number of nitrogens with one attached hydrogen (secondary N) is 1. The lowest BCUT2D eigenvalue weighted by molar-refractivity contribution is -0.132. The monoisotopic (exact) mass is 644 g/mol. The molecule has 2 aliphatic rings. The molecule has 1 saturated heterocycles. The van der Waals surface area contributed by atoms with Gasteiger partial charge in [0.25, 0.3) is 0 Å². The molecule has 4 aromatic heterocycles. The first-order valence-corrected chi connectivity index (χ1v) is 16.0.